The van der Waals surface area contributed by atoms with Crippen LogP contribution in [0, 0.1) is 0 Å². The lowest BCUT2D eigenvalue weighted by Gasteiger charge is -2.05. The van der Waals surface area contributed by atoms with Gasteiger partial charge in [0.15, 0.2) is 0 Å². The molecule has 0 aliphatic carbocycles. The number of ether oxygens (including phenoxy) is 1. The summed E-state index contributed by atoms with van der Waals surface area (Å²) >= 11 is 7.64. The van der Waals surface area contributed by atoms with Gasteiger partial charge in [0.25, 0.3) is 0 Å². The van der Waals surface area contributed by atoms with E-state index in [4.69, 9.17) is 22.1 Å². The van der Waals surface area contributed by atoms with Gasteiger partial charge in [0, 0.05) is 11.5 Å². The fourth-order valence-electron chi connectivity index (χ4n) is 1.62. The third kappa shape index (κ3) is 2.44. The summed E-state index contributed by atoms with van der Waals surface area (Å²) in [7, 11) is 1.59. The number of rotatable bonds is 3. The van der Waals surface area contributed by atoms with Crippen molar-refractivity contribution in [3.05, 3.63) is 28.2 Å². The summed E-state index contributed by atoms with van der Waals surface area (Å²) in [4.78, 5) is 4.57. The molecule has 96 valence electrons. The molecule has 0 aliphatic rings. The van der Waals surface area contributed by atoms with Gasteiger partial charge in [-0.25, -0.2) is 4.98 Å². The fourth-order valence-corrected chi connectivity index (χ4v) is 2.73. The molecular weight excluding hydrogens is 268 g/mol. The first-order chi connectivity index (χ1) is 8.52. The molecule has 2 aromatic rings. The molecule has 18 heavy (non-hydrogen) atoms. The third-order valence-electron chi connectivity index (χ3n) is 2.59. The number of nitrogen functional groups attached to an aromatic ring is 1. The van der Waals surface area contributed by atoms with Gasteiger partial charge in [-0.3, -0.25) is 0 Å². The number of nitrogens with zero attached hydrogens (tertiary/aromatic N) is 1. The third-order valence-corrected chi connectivity index (χ3v) is 4.07. The zero-order chi connectivity index (χ0) is 13.3. The quantitative estimate of drug-likeness (QED) is 0.919. The molecule has 0 unspecified atom stereocenters. The monoisotopic (exact) mass is 282 g/mol. The Hall–Kier alpha value is -1.26. The largest absolute Gasteiger partial charge is 0.495 e. The van der Waals surface area contributed by atoms with E-state index in [1.54, 1.807) is 7.11 Å². The predicted molar refractivity (Wildman–Crippen MR) is 77.6 cm³/mol. The Bertz CT molecular complexity index is 566. The molecule has 1 heterocycles. The lowest BCUT2D eigenvalue weighted by molar-refractivity contribution is 0.415. The maximum Gasteiger partial charge on any atom is 0.137 e. The molecule has 0 atom stereocenters. The highest BCUT2D eigenvalue weighted by atomic mass is 35.5. The van der Waals surface area contributed by atoms with E-state index in [1.807, 2.05) is 18.2 Å². The Morgan fingerprint density at radius 2 is 2.11 bits per heavy atom. The number of methoxy groups -OCH3 is 1. The van der Waals surface area contributed by atoms with E-state index in [0.29, 0.717) is 16.7 Å². The maximum absolute atomic E-state index is 6.11. The Morgan fingerprint density at radius 1 is 1.39 bits per heavy atom. The van der Waals surface area contributed by atoms with Gasteiger partial charge in [0.2, 0.25) is 0 Å². The summed E-state index contributed by atoms with van der Waals surface area (Å²) < 4.78 is 5.13. The topological polar surface area (TPSA) is 48.1 Å². The summed E-state index contributed by atoms with van der Waals surface area (Å²) in [5, 5.41) is 2.32. The van der Waals surface area contributed by atoms with Crippen molar-refractivity contribution in [1.29, 1.82) is 0 Å². The molecule has 1 aromatic heterocycles. The van der Waals surface area contributed by atoms with Crippen LogP contribution in [0.2, 0.25) is 5.02 Å². The van der Waals surface area contributed by atoms with Crippen molar-refractivity contribution in [2.24, 2.45) is 0 Å². The van der Waals surface area contributed by atoms with Crippen LogP contribution in [0.5, 0.6) is 5.75 Å². The molecule has 0 saturated carbocycles. The Morgan fingerprint density at radius 3 is 2.61 bits per heavy atom. The molecule has 0 fully saturated rings. The smallest absolute Gasteiger partial charge is 0.137 e. The highest BCUT2D eigenvalue weighted by Crippen LogP contribution is 2.36. The highest BCUT2D eigenvalue weighted by Gasteiger charge is 2.14. The second-order valence-electron chi connectivity index (χ2n) is 4.27. The minimum Gasteiger partial charge on any atom is -0.495 e. The van der Waals surface area contributed by atoms with E-state index in [1.165, 1.54) is 11.3 Å². The number of halogens is 1. The lowest BCUT2D eigenvalue weighted by atomic mass is 10.1. The number of nitrogens with two attached hydrogens (primary N) is 1. The first-order valence-electron chi connectivity index (χ1n) is 5.63. The van der Waals surface area contributed by atoms with Crippen LogP contribution in [-0.4, -0.2) is 12.1 Å². The Labute approximate surface area is 116 Å². The van der Waals surface area contributed by atoms with E-state index in [9.17, 15) is 0 Å². The molecule has 0 bridgehead atoms. The van der Waals surface area contributed by atoms with Crippen LogP contribution in [0.15, 0.2) is 18.2 Å². The summed E-state index contributed by atoms with van der Waals surface area (Å²) in [6.45, 7) is 4.20. The van der Waals surface area contributed by atoms with Gasteiger partial charge in [-0.1, -0.05) is 25.4 Å². The van der Waals surface area contributed by atoms with Crippen LogP contribution in [0.1, 0.15) is 24.8 Å². The van der Waals surface area contributed by atoms with Crippen molar-refractivity contribution in [2.45, 2.75) is 19.8 Å². The van der Waals surface area contributed by atoms with Crippen molar-refractivity contribution in [2.75, 3.05) is 12.8 Å². The normalized spacial score (nSPS) is 10.9. The summed E-state index contributed by atoms with van der Waals surface area (Å²) in [6, 6.07) is 5.57. The highest BCUT2D eigenvalue weighted by molar-refractivity contribution is 7.16. The summed E-state index contributed by atoms with van der Waals surface area (Å²) in [5.41, 5.74) is 7.73. The predicted octanol–water partition coefficient (Wildman–Crippen LogP) is 4.18. The number of benzene rings is 1. The van der Waals surface area contributed by atoms with Crippen LogP contribution in [0.25, 0.3) is 11.3 Å². The minimum atomic E-state index is 0.375. The second-order valence-corrected chi connectivity index (χ2v) is 5.74. The van der Waals surface area contributed by atoms with Crippen LogP contribution in [0.3, 0.4) is 0 Å². The van der Waals surface area contributed by atoms with Gasteiger partial charge in [0.05, 0.1) is 17.1 Å². The van der Waals surface area contributed by atoms with Gasteiger partial charge in [-0.15, -0.1) is 11.3 Å². The Balaban J connectivity index is 2.45. The molecule has 0 amide bonds. The number of hydrogen-bond acceptors (Lipinski definition) is 4. The Kier molecular flexibility index (Phi) is 3.78. The average Bonchev–Trinajstić information content (AvgIpc) is 2.71. The summed E-state index contributed by atoms with van der Waals surface area (Å²) in [6.07, 6.45) is 0. The maximum atomic E-state index is 6.11. The molecule has 2 N–H and O–H groups in total. The van der Waals surface area contributed by atoms with Crippen LogP contribution in [-0.2, 0) is 0 Å². The van der Waals surface area contributed by atoms with Crippen molar-refractivity contribution >= 4 is 27.9 Å². The van der Waals surface area contributed by atoms with Crippen LogP contribution >= 0.6 is 22.9 Å². The van der Waals surface area contributed by atoms with Gasteiger partial charge in [-0.2, -0.15) is 0 Å². The second kappa shape index (κ2) is 5.16. The molecule has 5 heteroatoms. The number of thiazole rings is 1. The molecule has 0 radical (unpaired) electrons. The van der Waals surface area contributed by atoms with E-state index >= 15 is 0 Å². The SMILES string of the molecule is COc1ccc(-c2nc(C(C)C)sc2N)cc1Cl. The van der Waals surface area contributed by atoms with Crippen molar-refractivity contribution in [3.8, 4) is 17.0 Å². The van der Waals surface area contributed by atoms with Gasteiger partial charge >= 0.3 is 0 Å². The van der Waals surface area contributed by atoms with Gasteiger partial charge in [0.1, 0.15) is 16.4 Å². The van der Waals surface area contributed by atoms with Crippen LogP contribution in [0.4, 0.5) is 5.00 Å². The molecular formula is C13H15ClN2OS. The average molecular weight is 283 g/mol. The van der Waals surface area contributed by atoms with E-state index in [-0.39, 0.29) is 0 Å². The standard InChI is InChI=1S/C13H15ClN2OS/c1-7(2)13-16-11(12(15)18-13)8-4-5-10(17-3)9(14)6-8/h4-7H,15H2,1-3H3. The molecule has 3 nitrogen and oxygen atoms in total. The van der Waals surface area contributed by atoms with Crippen molar-refractivity contribution in [3.63, 3.8) is 0 Å². The first-order valence-corrected chi connectivity index (χ1v) is 6.82. The fraction of sp³-hybridized carbons (Fsp3) is 0.308. The lowest BCUT2D eigenvalue weighted by Crippen LogP contribution is -1.89. The van der Waals surface area contributed by atoms with E-state index < -0.39 is 0 Å². The first kappa shape index (κ1) is 13.2. The summed E-state index contributed by atoms with van der Waals surface area (Å²) in [5.74, 6) is 1.03. The van der Waals surface area contributed by atoms with E-state index in [0.717, 1.165) is 21.3 Å². The molecule has 0 aliphatic heterocycles. The van der Waals surface area contributed by atoms with E-state index in [2.05, 4.69) is 18.8 Å². The number of hydrogen-bond donors (Lipinski definition) is 1. The van der Waals surface area contributed by atoms with Crippen molar-refractivity contribution in [1.82, 2.24) is 4.98 Å². The van der Waals surface area contributed by atoms with Crippen LogP contribution < -0.4 is 10.5 Å². The van der Waals surface area contributed by atoms with Gasteiger partial charge in [-0.05, 0) is 18.2 Å². The number of anilines is 1. The van der Waals surface area contributed by atoms with Gasteiger partial charge < -0.3 is 10.5 Å². The molecule has 0 spiro atoms. The molecule has 1 aromatic carbocycles. The number of aromatic nitrogens is 1. The van der Waals surface area contributed by atoms with Crippen molar-refractivity contribution < 1.29 is 4.74 Å². The minimum absolute atomic E-state index is 0.375. The molecule has 2 rings (SSSR count). The molecule has 0 saturated heterocycles. The zero-order valence-electron chi connectivity index (χ0n) is 10.5. The zero-order valence-corrected chi connectivity index (χ0v) is 12.1.